The van der Waals surface area contributed by atoms with E-state index in [0.717, 1.165) is 53.0 Å². The zero-order valence-electron chi connectivity index (χ0n) is 22.1. The Hall–Kier alpha value is -3.74. The van der Waals surface area contributed by atoms with Gasteiger partial charge in [-0.15, -0.1) is 11.3 Å². The highest BCUT2D eigenvalue weighted by molar-refractivity contribution is 7.92. The fraction of sp³-hybridized carbons (Fsp3) is 0.321. The van der Waals surface area contributed by atoms with Crippen LogP contribution >= 0.6 is 11.3 Å². The van der Waals surface area contributed by atoms with E-state index >= 15 is 0 Å². The Labute approximate surface area is 237 Å². The van der Waals surface area contributed by atoms with Crippen LogP contribution in [0.5, 0.6) is 0 Å². The summed E-state index contributed by atoms with van der Waals surface area (Å²) in [5.74, 6) is -0.763. The molecule has 0 spiro atoms. The van der Waals surface area contributed by atoms with Crippen molar-refractivity contribution < 1.29 is 22.8 Å². The summed E-state index contributed by atoms with van der Waals surface area (Å²) in [5, 5.41) is 5.87. The number of piperidine rings is 1. The number of urea groups is 1. The van der Waals surface area contributed by atoms with Gasteiger partial charge in [0.2, 0.25) is 5.91 Å². The lowest BCUT2D eigenvalue weighted by Crippen LogP contribution is -2.42. The average molecular weight is 582 g/mol. The second-order valence-electron chi connectivity index (χ2n) is 9.88. The van der Waals surface area contributed by atoms with Gasteiger partial charge in [-0.1, -0.05) is 6.42 Å². The van der Waals surface area contributed by atoms with Gasteiger partial charge in [0.1, 0.15) is 4.21 Å². The number of nitrogens with zero attached hydrogens (tertiary/aromatic N) is 2. The van der Waals surface area contributed by atoms with Gasteiger partial charge in [0, 0.05) is 34.9 Å². The number of nitrogens with one attached hydrogen (secondary N) is 3. The SMILES string of the molecule is Cc1ccc(S(=O)(=O)NC(=O)Nc2ccc(N3C(=O)Cc4cc(NCCN5CCCCC5)ccc4C3=O)cc2)s1. The number of likely N-dealkylation sites (tertiary alicyclic amines) is 1. The molecule has 3 N–H and O–H groups in total. The summed E-state index contributed by atoms with van der Waals surface area (Å²) < 4.78 is 26.8. The van der Waals surface area contributed by atoms with E-state index in [-0.39, 0.29) is 16.5 Å². The van der Waals surface area contributed by atoms with Crippen molar-refractivity contribution in [2.24, 2.45) is 0 Å². The minimum absolute atomic E-state index is 0.0401. The molecule has 0 saturated carbocycles. The molecule has 3 heterocycles. The van der Waals surface area contributed by atoms with Crippen molar-refractivity contribution >= 4 is 56.3 Å². The summed E-state index contributed by atoms with van der Waals surface area (Å²) in [6.45, 7) is 5.79. The van der Waals surface area contributed by atoms with Gasteiger partial charge < -0.3 is 15.5 Å². The minimum Gasteiger partial charge on any atom is -0.384 e. The number of amides is 4. The van der Waals surface area contributed by atoms with Crippen molar-refractivity contribution in [1.29, 1.82) is 0 Å². The van der Waals surface area contributed by atoms with E-state index in [1.807, 2.05) is 16.9 Å². The summed E-state index contributed by atoms with van der Waals surface area (Å²) in [5.41, 5.74) is 2.70. The maximum absolute atomic E-state index is 13.2. The quantitative estimate of drug-likeness (QED) is 0.340. The van der Waals surface area contributed by atoms with Gasteiger partial charge in [-0.2, -0.15) is 0 Å². The Balaban J connectivity index is 1.20. The fourth-order valence-corrected chi connectivity index (χ4v) is 7.11. The normalized spacial score (nSPS) is 16.0. The van der Waals surface area contributed by atoms with E-state index in [4.69, 9.17) is 0 Å². The van der Waals surface area contributed by atoms with Crippen LogP contribution in [-0.4, -0.2) is 57.3 Å². The Morgan fingerprint density at radius 1 is 0.950 bits per heavy atom. The molecule has 10 nitrogen and oxygen atoms in total. The zero-order valence-corrected chi connectivity index (χ0v) is 23.7. The number of hydrogen-bond acceptors (Lipinski definition) is 8. The second kappa shape index (κ2) is 11.8. The van der Waals surface area contributed by atoms with E-state index in [2.05, 4.69) is 15.5 Å². The maximum atomic E-state index is 13.2. The molecule has 4 amide bonds. The molecule has 1 saturated heterocycles. The van der Waals surface area contributed by atoms with Crippen molar-refractivity contribution in [3.63, 3.8) is 0 Å². The Kier molecular flexibility index (Phi) is 8.19. The molecule has 1 fully saturated rings. The fourth-order valence-electron chi connectivity index (χ4n) is 4.92. The first-order valence-electron chi connectivity index (χ1n) is 13.2. The molecule has 12 heteroatoms. The van der Waals surface area contributed by atoms with Crippen LogP contribution < -0.4 is 20.3 Å². The summed E-state index contributed by atoms with van der Waals surface area (Å²) in [7, 11) is -3.99. The molecule has 0 atom stereocenters. The maximum Gasteiger partial charge on any atom is 0.333 e. The van der Waals surface area contributed by atoms with E-state index in [0.29, 0.717) is 22.5 Å². The van der Waals surface area contributed by atoms with E-state index < -0.39 is 22.0 Å². The molecule has 2 aliphatic rings. The van der Waals surface area contributed by atoms with Gasteiger partial charge in [0.25, 0.3) is 15.9 Å². The van der Waals surface area contributed by atoms with Gasteiger partial charge in [0.05, 0.1) is 12.1 Å². The number of aryl methyl sites for hydroxylation is 1. The summed E-state index contributed by atoms with van der Waals surface area (Å²) in [6, 6.07) is 13.7. The van der Waals surface area contributed by atoms with Gasteiger partial charge in [-0.3, -0.25) is 9.59 Å². The van der Waals surface area contributed by atoms with Crippen LogP contribution in [-0.2, 0) is 21.2 Å². The highest BCUT2D eigenvalue weighted by Crippen LogP contribution is 2.28. The second-order valence-corrected chi connectivity index (χ2v) is 13.1. The molecule has 0 radical (unpaired) electrons. The first-order valence-corrected chi connectivity index (χ1v) is 15.5. The van der Waals surface area contributed by atoms with Crippen LogP contribution in [0.25, 0.3) is 0 Å². The van der Waals surface area contributed by atoms with Crippen LogP contribution in [0.4, 0.5) is 21.9 Å². The van der Waals surface area contributed by atoms with Crippen molar-refractivity contribution in [2.45, 2.75) is 36.8 Å². The molecule has 2 aromatic carbocycles. The molecule has 1 aromatic heterocycles. The lowest BCUT2D eigenvalue weighted by Gasteiger charge is -2.28. The average Bonchev–Trinajstić information content (AvgIpc) is 3.37. The first-order chi connectivity index (χ1) is 19.2. The molecule has 210 valence electrons. The third-order valence-electron chi connectivity index (χ3n) is 6.93. The largest absolute Gasteiger partial charge is 0.384 e. The Bertz CT molecular complexity index is 1530. The number of rotatable bonds is 8. The number of fused-ring (bicyclic) bond motifs is 1. The van der Waals surface area contributed by atoms with Crippen molar-refractivity contribution in [2.75, 3.05) is 41.7 Å². The molecule has 0 unspecified atom stereocenters. The predicted octanol–water partition coefficient (Wildman–Crippen LogP) is 4.19. The third-order valence-corrected chi connectivity index (χ3v) is 9.75. The van der Waals surface area contributed by atoms with Crippen LogP contribution in [0.1, 0.15) is 40.1 Å². The standard InChI is InChI=1S/C28H31N5O5S2/c1-19-5-12-26(39-19)40(37,38)31-28(36)30-21-6-9-23(10-7-21)33-25(34)18-20-17-22(8-11-24(20)27(33)35)29-13-16-32-14-3-2-4-15-32/h5-12,17,29H,2-4,13-16,18H2,1H3,(H2,30,31,36). The Morgan fingerprint density at radius 3 is 2.38 bits per heavy atom. The molecule has 2 aliphatic heterocycles. The van der Waals surface area contributed by atoms with Crippen molar-refractivity contribution in [3.05, 3.63) is 70.6 Å². The number of benzene rings is 2. The lowest BCUT2D eigenvalue weighted by atomic mass is 9.97. The van der Waals surface area contributed by atoms with E-state index in [9.17, 15) is 22.8 Å². The predicted molar refractivity (Wildman–Crippen MR) is 156 cm³/mol. The van der Waals surface area contributed by atoms with Gasteiger partial charge >= 0.3 is 6.03 Å². The smallest absolute Gasteiger partial charge is 0.333 e. The topological polar surface area (TPSA) is 128 Å². The molecule has 0 aliphatic carbocycles. The highest BCUT2D eigenvalue weighted by Gasteiger charge is 2.32. The number of anilines is 3. The van der Waals surface area contributed by atoms with E-state index in [1.54, 1.807) is 19.1 Å². The van der Waals surface area contributed by atoms with Crippen LogP contribution in [0.15, 0.2) is 58.8 Å². The number of imide groups is 1. The van der Waals surface area contributed by atoms with E-state index in [1.165, 1.54) is 49.6 Å². The molecule has 5 rings (SSSR count). The van der Waals surface area contributed by atoms with Crippen molar-refractivity contribution in [1.82, 2.24) is 9.62 Å². The third kappa shape index (κ3) is 6.35. The summed E-state index contributed by atoms with van der Waals surface area (Å²) in [6.07, 6.45) is 3.88. The molecular formula is C28H31N5O5S2. The monoisotopic (exact) mass is 581 g/mol. The zero-order chi connectivity index (χ0) is 28.3. The van der Waals surface area contributed by atoms with Crippen molar-refractivity contribution in [3.8, 4) is 0 Å². The van der Waals surface area contributed by atoms with Crippen LogP contribution in [0.3, 0.4) is 0 Å². The van der Waals surface area contributed by atoms with Gasteiger partial charge in [-0.05, 0) is 93.0 Å². The number of hydrogen-bond donors (Lipinski definition) is 3. The minimum atomic E-state index is -3.99. The molecule has 3 aromatic rings. The number of thiophene rings is 1. The lowest BCUT2D eigenvalue weighted by molar-refractivity contribution is -0.117. The number of sulfonamides is 1. The summed E-state index contributed by atoms with van der Waals surface area (Å²) in [4.78, 5) is 42.9. The van der Waals surface area contributed by atoms with Crippen LogP contribution in [0, 0.1) is 6.92 Å². The number of carbonyl (C=O) groups excluding carboxylic acids is 3. The Morgan fingerprint density at radius 2 is 1.68 bits per heavy atom. The van der Waals surface area contributed by atoms with Gasteiger partial charge in [0.15, 0.2) is 0 Å². The first kappa shape index (κ1) is 27.8. The van der Waals surface area contributed by atoms with Crippen LogP contribution in [0.2, 0.25) is 0 Å². The van der Waals surface area contributed by atoms with Gasteiger partial charge in [-0.25, -0.2) is 22.8 Å². The molecule has 0 bridgehead atoms. The molecular weight excluding hydrogens is 550 g/mol. The number of carbonyl (C=O) groups is 3. The highest BCUT2D eigenvalue weighted by atomic mass is 32.2. The molecule has 40 heavy (non-hydrogen) atoms. The summed E-state index contributed by atoms with van der Waals surface area (Å²) >= 11 is 1.06.